The molecule has 0 unspecified atom stereocenters. The van der Waals surface area contributed by atoms with Gasteiger partial charge in [0.1, 0.15) is 12.4 Å². The maximum absolute atomic E-state index is 11.3. The van der Waals surface area contributed by atoms with E-state index in [1.165, 1.54) is 0 Å². The molecular formula is C12H17NO5S. The van der Waals surface area contributed by atoms with Crippen molar-refractivity contribution in [2.75, 3.05) is 24.7 Å². The molecule has 6 nitrogen and oxygen atoms in total. The van der Waals surface area contributed by atoms with Crippen molar-refractivity contribution in [3.63, 3.8) is 0 Å². The molecule has 2 N–H and O–H groups in total. The van der Waals surface area contributed by atoms with E-state index in [1.54, 1.807) is 12.3 Å². The summed E-state index contributed by atoms with van der Waals surface area (Å²) in [6.45, 7) is 1.48. The Bertz CT molecular complexity index is 379. The SMILES string of the molecule is O=C(O)CSCC(=O)NCCCOCc1ccco1. The lowest BCUT2D eigenvalue weighted by atomic mass is 10.4. The van der Waals surface area contributed by atoms with Gasteiger partial charge in [0.25, 0.3) is 0 Å². The molecule has 0 aliphatic heterocycles. The number of hydrogen-bond acceptors (Lipinski definition) is 5. The van der Waals surface area contributed by atoms with Crippen LogP contribution in [0.15, 0.2) is 22.8 Å². The van der Waals surface area contributed by atoms with Crippen LogP contribution in [0.2, 0.25) is 0 Å². The van der Waals surface area contributed by atoms with Gasteiger partial charge in [0.05, 0.1) is 17.8 Å². The van der Waals surface area contributed by atoms with Crippen LogP contribution in [0.3, 0.4) is 0 Å². The predicted octanol–water partition coefficient (Wildman–Crippen LogP) is 1.12. The van der Waals surface area contributed by atoms with Gasteiger partial charge >= 0.3 is 5.97 Å². The minimum atomic E-state index is -0.913. The number of hydrogen-bond donors (Lipinski definition) is 2. The van der Waals surface area contributed by atoms with Crippen molar-refractivity contribution >= 4 is 23.6 Å². The Hall–Kier alpha value is -1.47. The van der Waals surface area contributed by atoms with Crippen molar-refractivity contribution in [1.29, 1.82) is 0 Å². The number of thioether (sulfide) groups is 1. The van der Waals surface area contributed by atoms with Crippen molar-refractivity contribution in [3.8, 4) is 0 Å². The Balaban J connectivity index is 1.90. The molecule has 0 spiro atoms. The quantitative estimate of drug-likeness (QED) is 0.627. The van der Waals surface area contributed by atoms with E-state index < -0.39 is 5.97 Å². The number of rotatable bonds is 10. The minimum absolute atomic E-state index is 0.0559. The maximum Gasteiger partial charge on any atom is 0.313 e. The second kappa shape index (κ2) is 9.46. The first-order valence-electron chi connectivity index (χ1n) is 5.85. The lowest BCUT2D eigenvalue weighted by Crippen LogP contribution is -2.27. The zero-order chi connectivity index (χ0) is 13.9. The fourth-order valence-corrected chi connectivity index (χ4v) is 1.82. The van der Waals surface area contributed by atoms with Crippen molar-refractivity contribution in [2.45, 2.75) is 13.0 Å². The Morgan fingerprint density at radius 3 is 2.95 bits per heavy atom. The van der Waals surface area contributed by atoms with Crippen LogP contribution in [0.1, 0.15) is 12.2 Å². The van der Waals surface area contributed by atoms with E-state index in [1.807, 2.05) is 6.07 Å². The van der Waals surface area contributed by atoms with Crippen LogP contribution in [0.25, 0.3) is 0 Å². The van der Waals surface area contributed by atoms with Crippen molar-refractivity contribution in [2.24, 2.45) is 0 Å². The topological polar surface area (TPSA) is 88.8 Å². The third kappa shape index (κ3) is 8.28. The highest BCUT2D eigenvalue weighted by Crippen LogP contribution is 2.01. The largest absolute Gasteiger partial charge is 0.481 e. The zero-order valence-electron chi connectivity index (χ0n) is 10.5. The molecule has 1 aromatic rings. The molecule has 0 saturated heterocycles. The highest BCUT2D eigenvalue weighted by Gasteiger charge is 2.03. The van der Waals surface area contributed by atoms with E-state index >= 15 is 0 Å². The van der Waals surface area contributed by atoms with E-state index in [9.17, 15) is 9.59 Å². The van der Waals surface area contributed by atoms with E-state index in [2.05, 4.69) is 5.32 Å². The first-order valence-corrected chi connectivity index (χ1v) is 7.00. The molecule has 0 radical (unpaired) electrons. The van der Waals surface area contributed by atoms with Crippen molar-refractivity contribution in [3.05, 3.63) is 24.2 Å². The van der Waals surface area contributed by atoms with E-state index in [0.29, 0.717) is 26.2 Å². The number of carboxylic acid groups (broad SMARTS) is 1. The molecule has 1 amide bonds. The molecule has 0 saturated carbocycles. The summed E-state index contributed by atoms with van der Waals surface area (Å²) in [5.74, 6) is -0.185. The molecule has 1 rings (SSSR count). The van der Waals surface area contributed by atoms with Gasteiger partial charge in [-0.25, -0.2) is 0 Å². The third-order valence-electron chi connectivity index (χ3n) is 2.07. The molecule has 1 aromatic heterocycles. The molecule has 0 aromatic carbocycles. The van der Waals surface area contributed by atoms with Gasteiger partial charge in [0.15, 0.2) is 0 Å². The number of carbonyl (C=O) groups is 2. The van der Waals surface area contributed by atoms with Crippen LogP contribution < -0.4 is 5.32 Å². The van der Waals surface area contributed by atoms with Crippen LogP contribution in [-0.2, 0) is 20.9 Å². The summed E-state index contributed by atoms with van der Waals surface area (Å²) in [4.78, 5) is 21.5. The van der Waals surface area contributed by atoms with Crippen molar-refractivity contribution < 1.29 is 23.8 Å². The fourth-order valence-electron chi connectivity index (χ4n) is 1.25. The number of ether oxygens (including phenoxy) is 1. The molecule has 0 bridgehead atoms. The molecule has 19 heavy (non-hydrogen) atoms. The summed E-state index contributed by atoms with van der Waals surface area (Å²) in [6.07, 6.45) is 2.30. The van der Waals surface area contributed by atoms with Gasteiger partial charge in [0, 0.05) is 13.2 Å². The lowest BCUT2D eigenvalue weighted by molar-refractivity contribution is -0.133. The van der Waals surface area contributed by atoms with Crippen LogP contribution in [0.5, 0.6) is 0 Å². The molecule has 7 heteroatoms. The monoisotopic (exact) mass is 287 g/mol. The van der Waals surface area contributed by atoms with Crippen molar-refractivity contribution in [1.82, 2.24) is 5.32 Å². The van der Waals surface area contributed by atoms with Gasteiger partial charge in [-0.1, -0.05) is 0 Å². The molecule has 1 heterocycles. The minimum Gasteiger partial charge on any atom is -0.481 e. The molecule has 0 atom stereocenters. The second-order valence-corrected chi connectivity index (χ2v) is 4.71. The summed E-state index contributed by atoms with van der Waals surface area (Å²) in [7, 11) is 0. The number of nitrogens with one attached hydrogen (secondary N) is 1. The molecule has 0 aliphatic carbocycles. The summed E-state index contributed by atoms with van der Waals surface area (Å²) in [6, 6.07) is 3.63. The maximum atomic E-state index is 11.3. The second-order valence-electron chi connectivity index (χ2n) is 3.72. The summed E-state index contributed by atoms with van der Waals surface area (Å²) in [5.41, 5.74) is 0. The Kier molecular flexibility index (Phi) is 7.76. The Morgan fingerprint density at radius 1 is 1.42 bits per heavy atom. The third-order valence-corrected chi connectivity index (χ3v) is 2.99. The summed E-state index contributed by atoms with van der Waals surface area (Å²) < 4.78 is 10.4. The first-order chi connectivity index (χ1) is 9.18. The lowest BCUT2D eigenvalue weighted by Gasteiger charge is -2.05. The Labute approximate surface area is 115 Å². The van der Waals surface area contributed by atoms with E-state index in [4.69, 9.17) is 14.3 Å². The smallest absolute Gasteiger partial charge is 0.313 e. The number of furan rings is 1. The molecule has 0 aliphatic rings. The molecule has 0 fully saturated rings. The molecular weight excluding hydrogens is 270 g/mol. The number of carboxylic acids is 1. The van der Waals surface area contributed by atoms with Gasteiger partial charge in [0.2, 0.25) is 5.91 Å². The zero-order valence-corrected chi connectivity index (χ0v) is 11.3. The number of carbonyl (C=O) groups excluding carboxylic acids is 1. The number of amides is 1. The van der Waals surface area contributed by atoms with E-state index in [0.717, 1.165) is 17.5 Å². The highest BCUT2D eigenvalue weighted by molar-refractivity contribution is 8.00. The normalized spacial score (nSPS) is 10.3. The van der Waals surface area contributed by atoms with Gasteiger partial charge in [-0.2, -0.15) is 0 Å². The average molecular weight is 287 g/mol. The fraction of sp³-hybridized carbons (Fsp3) is 0.500. The Morgan fingerprint density at radius 2 is 2.26 bits per heavy atom. The number of aliphatic carboxylic acids is 1. The van der Waals surface area contributed by atoms with Gasteiger partial charge < -0.3 is 19.6 Å². The standard InChI is InChI=1S/C12H17NO5S/c14-11(8-19-9-12(15)16)13-4-2-5-17-7-10-3-1-6-18-10/h1,3,6H,2,4-5,7-9H2,(H,13,14)(H,15,16). The van der Waals surface area contributed by atoms with Gasteiger partial charge in [-0.15, -0.1) is 11.8 Å². The highest BCUT2D eigenvalue weighted by atomic mass is 32.2. The average Bonchev–Trinajstić information content (AvgIpc) is 2.86. The summed E-state index contributed by atoms with van der Waals surface area (Å²) >= 11 is 1.08. The van der Waals surface area contributed by atoms with E-state index in [-0.39, 0.29) is 17.4 Å². The first kappa shape index (κ1) is 15.6. The summed E-state index contributed by atoms with van der Waals surface area (Å²) in [5, 5.41) is 11.1. The van der Waals surface area contributed by atoms with Crippen LogP contribution >= 0.6 is 11.8 Å². The molecule has 106 valence electrons. The van der Waals surface area contributed by atoms with Crippen LogP contribution in [-0.4, -0.2) is 41.6 Å². The van der Waals surface area contributed by atoms with Gasteiger partial charge in [-0.05, 0) is 18.6 Å². The predicted molar refractivity (Wildman–Crippen MR) is 71.0 cm³/mol. The van der Waals surface area contributed by atoms with Gasteiger partial charge in [-0.3, -0.25) is 9.59 Å². The van der Waals surface area contributed by atoms with Crippen LogP contribution in [0, 0.1) is 0 Å². The van der Waals surface area contributed by atoms with Crippen LogP contribution in [0.4, 0.5) is 0 Å².